The van der Waals surface area contributed by atoms with E-state index in [1.54, 1.807) is 6.20 Å². The van der Waals surface area contributed by atoms with Crippen LogP contribution in [0, 0.1) is 11.6 Å². The largest absolute Gasteiger partial charge is 0.492 e. The summed E-state index contributed by atoms with van der Waals surface area (Å²) < 4.78 is 34.3. The van der Waals surface area contributed by atoms with E-state index >= 15 is 0 Å². The second kappa shape index (κ2) is 11.0. The Kier molecular flexibility index (Phi) is 7.62. The predicted octanol–water partition coefficient (Wildman–Crippen LogP) is 4.63. The van der Waals surface area contributed by atoms with Crippen molar-refractivity contribution in [2.45, 2.75) is 13.0 Å². The van der Waals surface area contributed by atoms with Crippen LogP contribution in [0.5, 0.6) is 5.75 Å². The zero-order valence-corrected chi connectivity index (χ0v) is 19.6. The molecule has 2 aromatic carbocycles. The molecule has 0 saturated carbocycles. The van der Waals surface area contributed by atoms with Gasteiger partial charge in [0.05, 0.1) is 30.7 Å². The summed E-state index contributed by atoms with van der Waals surface area (Å²) in [5.74, 6) is -0.695. The van der Waals surface area contributed by atoms with E-state index in [0.717, 1.165) is 35.9 Å². The Hall–Kier alpha value is -3.91. The van der Waals surface area contributed by atoms with E-state index in [2.05, 4.69) is 15.0 Å². The lowest BCUT2D eigenvalue weighted by Crippen LogP contribution is -2.22. The maximum absolute atomic E-state index is 13.6. The molecule has 6 nitrogen and oxygen atoms in total. The van der Waals surface area contributed by atoms with Gasteiger partial charge < -0.3 is 9.64 Å². The van der Waals surface area contributed by atoms with Crippen molar-refractivity contribution < 1.29 is 13.5 Å². The Bertz CT molecular complexity index is 1330. The average Bonchev–Trinajstić information content (AvgIpc) is 2.83. The van der Waals surface area contributed by atoms with Crippen molar-refractivity contribution in [1.29, 1.82) is 0 Å². The third-order valence-corrected chi connectivity index (χ3v) is 5.33. The second-order valence-corrected chi connectivity index (χ2v) is 8.46. The third kappa shape index (κ3) is 6.58. The van der Waals surface area contributed by atoms with Crippen molar-refractivity contribution >= 4 is 0 Å². The molecule has 0 aliphatic heterocycles. The van der Waals surface area contributed by atoms with Gasteiger partial charge in [0.15, 0.2) is 0 Å². The smallest absolute Gasteiger partial charge is 0.267 e. The predicted molar refractivity (Wildman–Crippen MR) is 131 cm³/mol. The highest BCUT2D eigenvalue weighted by Gasteiger charge is 2.09. The lowest BCUT2D eigenvalue weighted by atomic mass is 10.1. The molecule has 0 aliphatic rings. The SMILES string of the molecule is CN(C)CCCOc1ccc(-c2cccc(Cn3nc(-c4cc(F)cc(F)c4)ccc3=O)c2)nc1. The number of aromatic nitrogens is 3. The van der Waals surface area contributed by atoms with Crippen LogP contribution in [0.2, 0.25) is 0 Å². The minimum atomic E-state index is -0.704. The molecule has 0 aliphatic carbocycles. The van der Waals surface area contributed by atoms with Gasteiger partial charge in [-0.1, -0.05) is 18.2 Å². The number of nitrogens with zero attached hydrogens (tertiary/aromatic N) is 4. The van der Waals surface area contributed by atoms with Crippen molar-refractivity contribution in [3.8, 4) is 28.3 Å². The van der Waals surface area contributed by atoms with Gasteiger partial charge in [0.2, 0.25) is 0 Å². The van der Waals surface area contributed by atoms with E-state index in [1.807, 2.05) is 50.5 Å². The average molecular weight is 477 g/mol. The van der Waals surface area contributed by atoms with Crippen molar-refractivity contribution in [3.63, 3.8) is 0 Å². The summed E-state index contributed by atoms with van der Waals surface area (Å²) in [6.45, 7) is 1.78. The summed E-state index contributed by atoms with van der Waals surface area (Å²) >= 11 is 0. The highest BCUT2D eigenvalue weighted by Crippen LogP contribution is 2.22. The second-order valence-electron chi connectivity index (χ2n) is 8.46. The fourth-order valence-corrected chi connectivity index (χ4v) is 3.63. The van der Waals surface area contributed by atoms with Crippen molar-refractivity contribution in [3.05, 3.63) is 100 Å². The summed E-state index contributed by atoms with van der Waals surface area (Å²) in [7, 11) is 4.05. The quantitative estimate of drug-likeness (QED) is 0.330. The van der Waals surface area contributed by atoms with Gasteiger partial charge >= 0.3 is 0 Å². The van der Waals surface area contributed by atoms with Gasteiger partial charge in [0, 0.05) is 29.8 Å². The first kappa shape index (κ1) is 24.2. The van der Waals surface area contributed by atoms with Crippen LogP contribution in [0.15, 0.2) is 77.7 Å². The maximum atomic E-state index is 13.6. The van der Waals surface area contributed by atoms with Gasteiger partial charge in [-0.25, -0.2) is 13.5 Å². The van der Waals surface area contributed by atoms with Crippen LogP contribution in [0.4, 0.5) is 8.78 Å². The Morgan fingerprint density at radius 2 is 1.69 bits per heavy atom. The van der Waals surface area contributed by atoms with Gasteiger partial charge in [-0.3, -0.25) is 9.78 Å². The van der Waals surface area contributed by atoms with Gasteiger partial charge in [-0.05, 0) is 62.5 Å². The number of hydrogen-bond donors (Lipinski definition) is 0. The molecule has 0 unspecified atom stereocenters. The minimum absolute atomic E-state index is 0.200. The number of rotatable bonds is 9. The molecule has 0 radical (unpaired) electrons. The van der Waals surface area contributed by atoms with Crippen LogP contribution in [0.1, 0.15) is 12.0 Å². The van der Waals surface area contributed by atoms with Crippen LogP contribution in [0.25, 0.3) is 22.5 Å². The lowest BCUT2D eigenvalue weighted by Gasteiger charge is -2.11. The van der Waals surface area contributed by atoms with Crippen LogP contribution in [0.3, 0.4) is 0 Å². The van der Waals surface area contributed by atoms with E-state index in [9.17, 15) is 13.6 Å². The van der Waals surface area contributed by atoms with E-state index < -0.39 is 11.6 Å². The number of pyridine rings is 1. The van der Waals surface area contributed by atoms with Gasteiger partial charge in [-0.15, -0.1) is 0 Å². The summed E-state index contributed by atoms with van der Waals surface area (Å²) in [6, 6.07) is 17.4. The third-order valence-electron chi connectivity index (χ3n) is 5.33. The first-order valence-corrected chi connectivity index (χ1v) is 11.2. The number of benzene rings is 2. The van der Waals surface area contributed by atoms with E-state index in [1.165, 1.54) is 28.9 Å². The molecule has 0 atom stereocenters. The molecular weight excluding hydrogens is 450 g/mol. The zero-order valence-electron chi connectivity index (χ0n) is 19.6. The topological polar surface area (TPSA) is 60.2 Å². The minimum Gasteiger partial charge on any atom is -0.492 e. The number of ether oxygens (including phenoxy) is 1. The highest BCUT2D eigenvalue weighted by molar-refractivity contribution is 5.60. The van der Waals surface area contributed by atoms with Crippen LogP contribution < -0.4 is 10.3 Å². The Balaban J connectivity index is 1.49. The molecule has 0 saturated heterocycles. The van der Waals surface area contributed by atoms with Crippen LogP contribution in [-0.4, -0.2) is 46.9 Å². The molecule has 0 fully saturated rings. The molecule has 8 heteroatoms. The molecule has 0 bridgehead atoms. The van der Waals surface area contributed by atoms with Crippen molar-refractivity contribution in [1.82, 2.24) is 19.7 Å². The number of halogens is 2. The van der Waals surface area contributed by atoms with Crippen LogP contribution >= 0.6 is 0 Å². The van der Waals surface area contributed by atoms with E-state index in [4.69, 9.17) is 4.74 Å². The van der Waals surface area contributed by atoms with Crippen molar-refractivity contribution in [2.24, 2.45) is 0 Å². The molecule has 2 heterocycles. The standard InChI is InChI=1S/C27H26F2N4O2/c1-32(2)11-4-12-35-24-7-8-25(30-17-24)20-6-3-5-19(13-20)18-33-27(34)10-9-26(31-33)21-14-22(28)16-23(29)15-21/h3,5-10,13-17H,4,11-12,18H2,1-2H3. The Morgan fingerprint density at radius 3 is 2.40 bits per heavy atom. The number of hydrogen-bond acceptors (Lipinski definition) is 5. The van der Waals surface area contributed by atoms with Gasteiger partial charge in [0.25, 0.3) is 5.56 Å². The highest BCUT2D eigenvalue weighted by atomic mass is 19.1. The molecule has 4 aromatic rings. The molecule has 0 amide bonds. The van der Waals surface area contributed by atoms with E-state index in [0.29, 0.717) is 18.1 Å². The molecule has 0 N–H and O–H groups in total. The summed E-state index contributed by atoms with van der Waals surface area (Å²) in [5, 5.41) is 4.32. The first-order chi connectivity index (χ1) is 16.9. The zero-order chi connectivity index (χ0) is 24.8. The monoisotopic (exact) mass is 476 g/mol. The van der Waals surface area contributed by atoms with Crippen LogP contribution in [-0.2, 0) is 6.54 Å². The summed E-state index contributed by atoms with van der Waals surface area (Å²) in [5.41, 5.74) is 2.76. The summed E-state index contributed by atoms with van der Waals surface area (Å²) in [4.78, 5) is 19.0. The molecular formula is C27H26F2N4O2. The van der Waals surface area contributed by atoms with Gasteiger partial charge in [-0.2, -0.15) is 5.10 Å². The first-order valence-electron chi connectivity index (χ1n) is 11.2. The normalized spacial score (nSPS) is 11.1. The lowest BCUT2D eigenvalue weighted by molar-refractivity contribution is 0.281. The molecule has 4 rings (SSSR count). The fraction of sp³-hybridized carbons (Fsp3) is 0.222. The summed E-state index contributed by atoms with van der Waals surface area (Å²) in [6.07, 6.45) is 2.63. The van der Waals surface area contributed by atoms with Crippen molar-refractivity contribution in [2.75, 3.05) is 27.2 Å². The maximum Gasteiger partial charge on any atom is 0.267 e. The molecule has 0 spiro atoms. The molecule has 35 heavy (non-hydrogen) atoms. The Labute approximate surface area is 202 Å². The molecule has 180 valence electrons. The Morgan fingerprint density at radius 1 is 0.914 bits per heavy atom. The van der Waals surface area contributed by atoms with E-state index in [-0.39, 0.29) is 17.7 Å². The fourth-order valence-electron chi connectivity index (χ4n) is 3.63. The molecule has 2 aromatic heterocycles. The van der Waals surface area contributed by atoms with Gasteiger partial charge in [0.1, 0.15) is 17.4 Å².